The molecule has 0 radical (unpaired) electrons. The van der Waals surface area contributed by atoms with E-state index in [0.717, 1.165) is 5.69 Å². The van der Waals surface area contributed by atoms with Gasteiger partial charge in [-0.15, -0.1) is 0 Å². The first kappa shape index (κ1) is 21.6. The van der Waals surface area contributed by atoms with Gasteiger partial charge in [-0.2, -0.15) is 5.10 Å². The highest BCUT2D eigenvalue weighted by atomic mass is 16.5. The van der Waals surface area contributed by atoms with Gasteiger partial charge in [0.25, 0.3) is 0 Å². The van der Waals surface area contributed by atoms with Crippen molar-refractivity contribution in [3.63, 3.8) is 0 Å². The Hall–Kier alpha value is -4.27. The molecule has 0 saturated heterocycles. The third-order valence-corrected chi connectivity index (χ3v) is 5.94. The average Bonchev–Trinajstić information content (AvgIpc) is 3.28. The van der Waals surface area contributed by atoms with Crippen molar-refractivity contribution in [3.05, 3.63) is 64.1 Å². The second-order valence-corrected chi connectivity index (χ2v) is 8.40. The van der Waals surface area contributed by atoms with Crippen molar-refractivity contribution < 1.29 is 28.9 Å². The summed E-state index contributed by atoms with van der Waals surface area (Å²) >= 11 is 0. The third-order valence-electron chi connectivity index (χ3n) is 5.94. The van der Waals surface area contributed by atoms with Gasteiger partial charge in [0.2, 0.25) is 0 Å². The van der Waals surface area contributed by atoms with E-state index >= 15 is 0 Å². The molecule has 1 aliphatic rings. The van der Waals surface area contributed by atoms with Gasteiger partial charge in [-0.05, 0) is 38.1 Å². The molecular formula is C25H22N2O7. The van der Waals surface area contributed by atoms with E-state index in [1.807, 2.05) is 19.9 Å². The van der Waals surface area contributed by atoms with Gasteiger partial charge in [-0.1, -0.05) is 0 Å². The molecule has 174 valence electrons. The smallest absolute Gasteiger partial charge is 0.312 e. The van der Waals surface area contributed by atoms with Crippen molar-refractivity contribution in [3.8, 4) is 34.3 Å². The number of carbonyl (C=O) groups excluding carboxylic acids is 1. The zero-order chi connectivity index (χ0) is 24.1. The molecule has 9 heteroatoms. The summed E-state index contributed by atoms with van der Waals surface area (Å²) < 4.78 is 18.5. The van der Waals surface area contributed by atoms with Gasteiger partial charge in [0.05, 0.1) is 13.5 Å². The topological polar surface area (TPSA) is 124 Å². The Bertz CT molecular complexity index is 1500. The standard InChI is InChI=1S/C25H22N2O7/c1-12(2)27-15(6-7-26-27)14-9-22(31)33-21-11-18(30)24-17(29)10-20(34-25(24)23(14)21)13-4-5-19(32-3)16(28)8-13/h4-8,10-12,14,28,30H,9H2,1-3H3/t14-/m0/s1. The fourth-order valence-corrected chi connectivity index (χ4v) is 4.43. The molecular weight excluding hydrogens is 440 g/mol. The molecule has 0 unspecified atom stereocenters. The maximum atomic E-state index is 13.1. The lowest BCUT2D eigenvalue weighted by molar-refractivity contribution is -0.135. The molecule has 2 aromatic carbocycles. The van der Waals surface area contributed by atoms with Crippen LogP contribution in [0.5, 0.6) is 23.0 Å². The maximum Gasteiger partial charge on any atom is 0.312 e. The van der Waals surface area contributed by atoms with Crippen LogP contribution < -0.4 is 14.9 Å². The first-order valence-electron chi connectivity index (χ1n) is 10.7. The van der Waals surface area contributed by atoms with Crippen LogP contribution in [0.3, 0.4) is 0 Å². The van der Waals surface area contributed by atoms with Crippen LogP contribution in [0.15, 0.2) is 51.8 Å². The van der Waals surface area contributed by atoms with Crippen molar-refractivity contribution in [2.24, 2.45) is 0 Å². The summed E-state index contributed by atoms with van der Waals surface area (Å²) in [7, 11) is 1.43. The predicted octanol–water partition coefficient (Wildman–Crippen LogP) is 4.10. The number of esters is 1. The number of methoxy groups -OCH3 is 1. The largest absolute Gasteiger partial charge is 0.507 e. The number of nitrogens with zero attached hydrogens (tertiary/aromatic N) is 2. The Morgan fingerprint density at radius 3 is 2.62 bits per heavy atom. The van der Waals surface area contributed by atoms with Crippen molar-refractivity contribution in [2.75, 3.05) is 7.11 Å². The SMILES string of the molecule is COc1ccc(-c2cc(=O)c3c(O)cc4c(c3o2)[C@H](c2ccnn2C(C)C)CC(=O)O4)cc1O. The van der Waals surface area contributed by atoms with Crippen LogP contribution in [0, 0.1) is 0 Å². The minimum absolute atomic E-state index is 0.0150. The Labute approximate surface area is 193 Å². The van der Waals surface area contributed by atoms with E-state index in [9.17, 15) is 19.8 Å². The van der Waals surface area contributed by atoms with Gasteiger partial charge in [-0.3, -0.25) is 14.3 Å². The van der Waals surface area contributed by atoms with Crippen molar-refractivity contribution >= 4 is 16.9 Å². The summed E-state index contributed by atoms with van der Waals surface area (Å²) in [6, 6.07) is 8.98. The minimum atomic E-state index is -0.507. The van der Waals surface area contributed by atoms with Gasteiger partial charge in [-0.25, -0.2) is 0 Å². The molecule has 2 aromatic heterocycles. The van der Waals surface area contributed by atoms with Crippen LogP contribution in [-0.4, -0.2) is 33.1 Å². The van der Waals surface area contributed by atoms with Crippen molar-refractivity contribution in [1.29, 1.82) is 0 Å². The zero-order valence-electron chi connectivity index (χ0n) is 18.7. The number of aromatic hydroxyl groups is 2. The van der Waals surface area contributed by atoms with E-state index in [4.69, 9.17) is 13.9 Å². The number of hydrogen-bond acceptors (Lipinski definition) is 8. The zero-order valence-corrected chi connectivity index (χ0v) is 18.7. The number of ether oxygens (including phenoxy) is 2. The van der Waals surface area contributed by atoms with Crippen LogP contribution in [0.2, 0.25) is 0 Å². The van der Waals surface area contributed by atoms with E-state index in [1.165, 1.54) is 25.3 Å². The minimum Gasteiger partial charge on any atom is -0.507 e. The van der Waals surface area contributed by atoms with Crippen LogP contribution in [-0.2, 0) is 4.79 Å². The lowest BCUT2D eigenvalue weighted by Crippen LogP contribution is -2.24. The van der Waals surface area contributed by atoms with Gasteiger partial charge in [0.1, 0.15) is 28.2 Å². The summed E-state index contributed by atoms with van der Waals surface area (Å²) in [4.78, 5) is 25.5. The molecule has 3 heterocycles. The normalized spacial score (nSPS) is 15.4. The molecule has 5 rings (SSSR count). The first-order valence-corrected chi connectivity index (χ1v) is 10.7. The van der Waals surface area contributed by atoms with Crippen molar-refractivity contribution in [2.45, 2.75) is 32.2 Å². The van der Waals surface area contributed by atoms with E-state index in [-0.39, 0.29) is 52.2 Å². The van der Waals surface area contributed by atoms with E-state index in [0.29, 0.717) is 11.1 Å². The first-order chi connectivity index (χ1) is 16.3. The molecule has 0 amide bonds. The van der Waals surface area contributed by atoms with Gasteiger partial charge >= 0.3 is 5.97 Å². The van der Waals surface area contributed by atoms with Crippen LogP contribution >= 0.6 is 0 Å². The summed E-state index contributed by atoms with van der Waals surface area (Å²) in [5, 5.41) is 25.2. The number of phenols is 2. The van der Waals surface area contributed by atoms with E-state index < -0.39 is 17.3 Å². The maximum absolute atomic E-state index is 13.1. The summed E-state index contributed by atoms with van der Waals surface area (Å²) in [6.45, 7) is 3.95. The van der Waals surface area contributed by atoms with Crippen LogP contribution in [0.25, 0.3) is 22.3 Å². The summed E-state index contributed by atoms with van der Waals surface area (Å²) in [6.07, 6.45) is 1.67. The number of rotatable bonds is 4. The van der Waals surface area contributed by atoms with Crippen molar-refractivity contribution in [1.82, 2.24) is 9.78 Å². The quantitative estimate of drug-likeness (QED) is 0.343. The van der Waals surface area contributed by atoms with Crippen LogP contribution in [0.4, 0.5) is 0 Å². The molecule has 1 atom stereocenters. The number of aromatic nitrogens is 2. The number of hydrogen-bond donors (Lipinski definition) is 2. The molecule has 1 aliphatic heterocycles. The van der Waals surface area contributed by atoms with Gasteiger partial charge in [0, 0.05) is 47.1 Å². The highest BCUT2D eigenvalue weighted by Gasteiger charge is 2.35. The molecule has 0 spiro atoms. The lowest BCUT2D eigenvalue weighted by atomic mass is 9.87. The molecule has 0 fully saturated rings. The summed E-state index contributed by atoms with van der Waals surface area (Å²) in [5.74, 6) is -0.864. The average molecular weight is 462 g/mol. The molecule has 0 bridgehead atoms. The Balaban J connectivity index is 1.80. The monoisotopic (exact) mass is 462 g/mol. The van der Waals surface area contributed by atoms with E-state index in [2.05, 4.69) is 5.10 Å². The molecule has 0 aliphatic carbocycles. The third kappa shape index (κ3) is 3.37. The number of carbonyl (C=O) groups is 1. The summed E-state index contributed by atoms with van der Waals surface area (Å²) in [5.41, 5.74) is 1.31. The molecule has 2 N–H and O–H groups in total. The van der Waals surface area contributed by atoms with Crippen LogP contribution in [0.1, 0.15) is 43.5 Å². The highest BCUT2D eigenvalue weighted by Crippen LogP contribution is 2.46. The second-order valence-electron chi connectivity index (χ2n) is 8.40. The molecule has 34 heavy (non-hydrogen) atoms. The Kier molecular flexibility index (Phi) is 5.04. The predicted molar refractivity (Wildman–Crippen MR) is 123 cm³/mol. The fourth-order valence-electron chi connectivity index (χ4n) is 4.43. The number of fused-ring (bicyclic) bond motifs is 3. The Morgan fingerprint density at radius 1 is 1.12 bits per heavy atom. The van der Waals surface area contributed by atoms with Gasteiger partial charge < -0.3 is 24.1 Å². The highest BCUT2D eigenvalue weighted by molar-refractivity contribution is 5.93. The Morgan fingerprint density at radius 2 is 1.91 bits per heavy atom. The van der Waals surface area contributed by atoms with E-state index in [1.54, 1.807) is 23.0 Å². The molecule has 4 aromatic rings. The molecule has 9 nitrogen and oxygen atoms in total. The number of benzene rings is 2. The fraction of sp³-hybridized carbons (Fsp3) is 0.240. The van der Waals surface area contributed by atoms with Gasteiger partial charge in [0.15, 0.2) is 16.9 Å². The number of phenolic OH excluding ortho intramolecular Hbond substituents is 2. The molecule has 0 saturated carbocycles. The second kappa shape index (κ2) is 7.95. The lowest BCUT2D eigenvalue weighted by Gasteiger charge is -2.27.